The minimum absolute atomic E-state index is 0.793. The number of nitrogens with zero attached hydrogens (tertiary/aromatic N) is 11. The van der Waals surface area contributed by atoms with E-state index in [-0.39, 0.29) is 0 Å². The zero-order valence-electron chi connectivity index (χ0n) is 78.6. The summed E-state index contributed by atoms with van der Waals surface area (Å²) in [6, 6.07) is 183. The molecule has 28 aromatic rings. The van der Waals surface area contributed by atoms with E-state index >= 15 is 0 Å². The summed E-state index contributed by atoms with van der Waals surface area (Å²) in [5.74, 6) is 1.63. The van der Waals surface area contributed by atoms with Crippen LogP contribution in [0.5, 0.6) is 0 Å². The molecule has 0 N–H and O–H groups in total. The number of para-hydroxylation sites is 3. The van der Waals surface area contributed by atoms with Gasteiger partial charge in [0, 0.05) is 39.2 Å². The molecule has 0 aliphatic heterocycles. The minimum atomic E-state index is 0.793. The van der Waals surface area contributed by atoms with Gasteiger partial charge in [-0.2, -0.15) is 0 Å². The van der Waals surface area contributed by atoms with Crippen molar-refractivity contribution < 1.29 is 0 Å². The molecule has 8 heterocycles. The molecule has 0 saturated heterocycles. The molecular formula is C134H87N11. The Bertz CT molecular complexity index is 9600. The van der Waals surface area contributed by atoms with Crippen molar-refractivity contribution in [2.24, 2.45) is 0 Å². The summed E-state index contributed by atoms with van der Waals surface area (Å²) in [5.41, 5.74) is 42.0. The molecule has 0 radical (unpaired) electrons. The first kappa shape index (κ1) is 85.8. The van der Waals surface area contributed by atoms with Crippen LogP contribution in [0.4, 0.5) is 0 Å². The highest BCUT2D eigenvalue weighted by Crippen LogP contribution is 2.43. The minimum Gasteiger partial charge on any atom is -0.293 e. The Hall–Kier alpha value is -19.6. The van der Waals surface area contributed by atoms with Gasteiger partial charge in [0.05, 0.1) is 55.3 Å². The highest BCUT2D eigenvalue weighted by molar-refractivity contribution is 6.11. The third kappa shape index (κ3) is 16.7. The van der Waals surface area contributed by atoms with Gasteiger partial charge in [-0.05, 0) is 279 Å². The first-order chi connectivity index (χ1) is 71.8. The van der Waals surface area contributed by atoms with Gasteiger partial charge in [0.1, 0.15) is 28.2 Å². The van der Waals surface area contributed by atoms with E-state index in [1.807, 2.05) is 54.7 Å². The zero-order valence-corrected chi connectivity index (χ0v) is 78.6. The van der Waals surface area contributed by atoms with Gasteiger partial charge in [-0.25, -0.2) is 39.9 Å². The van der Waals surface area contributed by atoms with E-state index in [2.05, 4.69) is 487 Å². The summed E-state index contributed by atoms with van der Waals surface area (Å²) in [7, 11) is 0. The van der Waals surface area contributed by atoms with E-state index < -0.39 is 0 Å². The average Bonchev–Trinajstić information content (AvgIpc) is 1.59. The fourth-order valence-corrected chi connectivity index (χ4v) is 20.3. The average molecular weight is 1850 g/mol. The number of aromatic nitrogens is 11. The highest BCUT2D eigenvalue weighted by Gasteiger charge is 2.24. The molecule has 0 aliphatic rings. The van der Waals surface area contributed by atoms with Crippen molar-refractivity contribution in [3.05, 3.63) is 528 Å². The fourth-order valence-electron chi connectivity index (χ4n) is 20.3. The molecule has 0 unspecified atom stereocenters. The van der Waals surface area contributed by atoms with E-state index in [1.165, 1.54) is 88.7 Å². The van der Waals surface area contributed by atoms with Crippen molar-refractivity contribution in [2.45, 2.75) is 0 Å². The van der Waals surface area contributed by atoms with Gasteiger partial charge in [0.2, 0.25) is 0 Å². The van der Waals surface area contributed by atoms with Gasteiger partial charge >= 0.3 is 0 Å². The van der Waals surface area contributed by atoms with Crippen LogP contribution in [0, 0.1) is 0 Å². The van der Waals surface area contributed by atoms with Gasteiger partial charge in [0.25, 0.3) is 0 Å². The Kier molecular flexibility index (Phi) is 22.0. The van der Waals surface area contributed by atoms with Crippen LogP contribution in [0.1, 0.15) is 0 Å². The SMILES string of the molecule is c1ccc(-c2cc(-c3ccccc3)cc(-c3ccc4nc5c(nc4c3)c3ccccc3n5-c3ccc4cc(-c5ccccc5)ccc4c3)c2)cc1.c1ccc(-c2cc(-c3ccccc3)cc(-c3ccc4nc5c(nc4c3)c3ccccc3n5-c3cccc(-c4ccccc4)n3)c2)cc1.c1ccc(-c2ccc(-n3c4ccccc4c4nc5cc(-c6cc(-c7ccccc7)cc(-c7ccccc7)c6)ccc5nc43)nc2)cc1. The summed E-state index contributed by atoms with van der Waals surface area (Å²) < 4.78 is 6.51. The molecule has 678 valence electrons. The quantitative estimate of drug-likeness (QED) is 0.0996. The maximum atomic E-state index is 5.32. The summed E-state index contributed by atoms with van der Waals surface area (Å²) in [6.45, 7) is 0. The molecule has 0 bridgehead atoms. The van der Waals surface area contributed by atoms with Crippen molar-refractivity contribution in [1.82, 2.24) is 53.6 Å². The molecule has 0 amide bonds. The number of hydrogen-bond donors (Lipinski definition) is 0. The second-order valence-corrected chi connectivity index (χ2v) is 36.6. The van der Waals surface area contributed by atoms with E-state index in [1.54, 1.807) is 0 Å². The summed E-state index contributed by atoms with van der Waals surface area (Å²) in [6.07, 6.45) is 1.93. The largest absolute Gasteiger partial charge is 0.293 e. The van der Waals surface area contributed by atoms with E-state index in [4.69, 9.17) is 39.9 Å². The maximum Gasteiger partial charge on any atom is 0.166 e. The second-order valence-electron chi connectivity index (χ2n) is 36.6. The molecule has 11 nitrogen and oxygen atoms in total. The van der Waals surface area contributed by atoms with Gasteiger partial charge in [0.15, 0.2) is 16.9 Å². The van der Waals surface area contributed by atoms with Crippen LogP contribution in [-0.2, 0) is 0 Å². The molecule has 28 rings (SSSR count). The second kappa shape index (κ2) is 37.3. The van der Waals surface area contributed by atoms with Crippen LogP contribution in [0.25, 0.3) is 261 Å². The number of benzene rings is 20. The molecule has 0 saturated carbocycles. The molecule has 0 spiro atoms. The van der Waals surface area contributed by atoms with Crippen LogP contribution in [0.15, 0.2) is 528 Å². The van der Waals surface area contributed by atoms with Gasteiger partial charge in [-0.3, -0.25) is 13.7 Å². The number of hydrogen-bond acceptors (Lipinski definition) is 8. The summed E-state index contributed by atoms with van der Waals surface area (Å²) >= 11 is 0. The molecular weight excluding hydrogens is 1760 g/mol. The monoisotopic (exact) mass is 1850 g/mol. The van der Waals surface area contributed by atoms with Crippen molar-refractivity contribution in [3.8, 4) is 151 Å². The molecule has 20 aromatic carbocycles. The van der Waals surface area contributed by atoms with Gasteiger partial charge in [-0.1, -0.05) is 370 Å². The van der Waals surface area contributed by atoms with Gasteiger partial charge in [-0.15, -0.1) is 0 Å². The predicted molar refractivity (Wildman–Crippen MR) is 600 cm³/mol. The Balaban J connectivity index is 0.000000111. The predicted octanol–water partition coefficient (Wildman–Crippen LogP) is 34.1. The zero-order chi connectivity index (χ0) is 96.0. The van der Waals surface area contributed by atoms with Gasteiger partial charge < -0.3 is 0 Å². The third-order valence-corrected chi connectivity index (χ3v) is 27.5. The molecule has 0 fully saturated rings. The van der Waals surface area contributed by atoms with Crippen LogP contribution >= 0.6 is 0 Å². The topological polar surface area (TPSA) is 118 Å². The van der Waals surface area contributed by atoms with E-state index in [0.717, 1.165) is 172 Å². The summed E-state index contributed by atoms with van der Waals surface area (Å²) in [4.78, 5) is 41.5. The lowest BCUT2D eigenvalue weighted by Crippen LogP contribution is -2.00. The fraction of sp³-hybridized carbons (Fsp3) is 0. The van der Waals surface area contributed by atoms with Crippen molar-refractivity contribution >= 4 is 110 Å². The van der Waals surface area contributed by atoms with Crippen LogP contribution in [-0.4, -0.2) is 53.6 Å². The molecule has 0 aliphatic carbocycles. The van der Waals surface area contributed by atoms with Crippen molar-refractivity contribution in [3.63, 3.8) is 0 Å². The Labute approximate surface area is 836 Å². The van der Waals surface area contributed by atoms with Crippen LogP contribution in [0.3, 0.4) is 0 Å². The smallest absolute Gasteiger partial charge is 0.166 e. The van der Waals surface area contributed by atoms with Crippen molar-refractivity contribution in [2.75, 3.05) is 0 Å². The Morgan fingerprint density at radius 2 is 0.421 bits per heavy atom. The number of rotatable bonds is 15. The molecule has 145 heavy (non-hydrogen) atoms. The first-order valence-electron chi connectivity index (χ1n) is 48.9. The first-order valence-corrected chi connectivity index (χ1v) is 48.9. The number of fused-ring (bicyclic) bond motifs is 13. The molecule has 8 aromatic heterocycles. The third-order valence-electron chi connectivity index (χ3n) is 27.5. The molecule has 11 heteroatoms. The standard InChI is InChI=1S/C48H31N3.2C43H28N4/c1-4-12-32(13-5-1)35-20-21-37-30-42(24-22-36(37)26-35)51-46-19-11-10-18-43(46)47-48(51)50-44-25-23-38(31-45(44)49-47)41-28-39(33-14-6-2-7-15-33)27-40(29-41)34-16-8-3-9-17-34;1-4-13-29(14-5-1)33-25-34(30-15-6-2-7-16-30)27-35(26-33)32-23-24-38-39(28-32)45-42-36-19-10-11-21-40(36)47(43(42)46-38)41-22-12-20-37(44-41)31-17-8-3-9-18-31;1-4-12-29(13-5-1)33-21-23-41(44-28-33)47-40-19-11-10-18-37(40)42-43(47)46-38-22-20-32(27-39(38)45-42)36-25-34(30-14-6-2-7-15-30)24-35(26-36)31-16-8-3-9-17-31/h1-31H;2*1-28H. The summed E-state index contributed by atoms with van der Waals surface area (Å²) in [5, 5.41) is 5.57. The molecule has 0 atom stereocenters. The lowest BCUT2D eigenvalue weighted by Gasteiger charge is -2.12. The maximum absolute atomic E-state index is 5.32. The van der Waals surface area contributed by atoms with Crippen molar-refractivity contribution in [1.29, 1.82) is 0 Å². The van der Waals surface area contributed by atoms with E-state index in [9.17, 15) is 0 Å². The Morgan fingerprint density at radius 3 is 0.779 bits per heavy atom. The normalized spacial score (nSPS) is 11.4. The van der Waals surface area contributed by atoms with Crippen LogP contribution in [0.2, 0.25) is 0 Å². The Morgan fingerprint density at radius 1 is 0.145 bits per heavy atom. The highest BCUT2D eigenvalue weighted by atomic mass is 15.1. The number of pyridine rings is 2. The van der Waals surface area contributed by atoms with Crippen LogP contribution < -0.4 is 0 Å². The lowest BCUT2D eigenvalue weighted by molar-refractivity contribution is 1.06. The lowest BCUT2D eigenvalue weighted by atomic mass is 9.93. The van der Waals surface area contributed by atoms with E-state index in [0.29, 0.717) is 0 Å².